The van der Waals surface area contributed by atoms with Crippen LogP contribution in [0.15, 0.2) is 77.6 Å². The van der Waals surface area contributed by atoms with Crippen LogP contribution in [-0.4, -0.2) is 40.6 Å². The van der Waals surface area contributed by atoms with Crippen molar-refractivity contribution in [1.29, 1.82) is 0 Å². The average molecular weight is 545 g/mol. The molecule has 4 aromatic rings. The van der Waals surface area contributed by atoms with Crippen molar-refractivity contribution in [1.82, 2.24) is 14.9 Å². The highest BCUT2D eigenvalue weighted by Gasteiger charge is 2.71. The van der Waals surface area contributed by atoms with Crippen molar-refractivity contribution in [2.45, 2.75) is 24.4 Å². The molecular weight excluding hydrogens is 524 g/mol. The summed E-state index contributed by atoms with van der Waals surface area (Å²) >= 11 is 0. The van der Waals surface area contributed by atoms with E-state index in [0.717, 1.165) is 22.3 Å². The molecule has 2 N–H and O–H groups in total. The number of fused-ring (bicyclic) bond motifs is 1. The van der Waals surface area contributed by atoms with Gasteiger partial charge in [0.2, 0.25) is 0 Å². The van der Waals surface area contributed by atoms with Crippen molar-refractivity contribution >= 4 is 10.9 Å². The molecule has 1 heterocycles. The Morgan fingerprint density at radius 2 is 1.56 bits per heavy atom. The number of rotatable bonds is 5. The Labute approximate surface area is 218 Å². The first-order valence-corrected chi connectivity index (χ1v) is 11.6. The molecule has 0 aliphatic carbocycles. The van der Waals surface area contributed by atoms with Gasteiger partial charge in [0, 0.05) is 17.5 Å². The fourth-order valence-electron chi connectivity index (χ4n) is 4.05. The Bertz CT molecular complexity index is 1590. The molecule has 11 heteroatoms. The van der Waals surface area contributed by atoms with E-state index in [0.29, 0.717) is 29.8 Å². The van der Waals surface area contributed by atoms with Crippen LogP contribution in [0.3, 0.4) is 0 Å². The van der Waals surface area contributed by atoms with Crippen LogP contribution in [0.4, 0.5) is 26.3 Å². The summed E-state index contributed by atoms with van der Waals surface area (Å²) in [5, 5.41) is 12.8. The number of aromatic nitrogens is 2. The third-order valence-electron chi connectivity index (χ3n) is 6.00. The van der Waals surface area contributed by atoms with Crippen molar-refractivity contribution in [3.63, 3.8) is 0 Å². The van der Waals surface area contributed by atoms with Gasteiger partial charge < -0.3 is 10.4 Å². The highest BCUT2D eigenvalue weighted by atomic mass is 19.4. The molecule has 0 saturated heterocycles. The Balaban J connectivity index is 1.91. The van der Waals surface area contributed by atoms with Crippen molar-refractivity contribution in [3.8, 4) is 17.5 Å². The maximum atomic E-state index is 13.7. The van der Waals surface area contributed by atoms with Crippen LogP contribution < -0.4 is 10.9 Å². The lowest BCUT2D eigenvalue weighted by Crippen LogP contribution is -2.53. The van der Waals surface area contributed by atoms with Crippen molar-refractivity contribution in [3.05, 3.63) is 106 Å². The zero-order valence-corrected chi connectivity index (χ0v) is 20.4. The number of hydrogen-bond acceptors (Lipinski definition) is 4. The van der Waals surface area contributed by atoms with Crippen molar-refractivity contribution < 1.29 is 31.4 Å². The zero-order valence-electron chi connectivity index (χ0n) is 20.4. The molecule has 0 bridgehead atoms. The molecule has 3 aromatic carbocycles. The molecule has 0 aliphatic rings. The summed E-state index contributed by atoms with van der Waals surface area (Å²) in [5.74, 6) is 5.98. The molecule has 0 radical (unpaired) electrons. The maximum Gasteiger partial charge on any atom is 0.430 e. The Hall–Kier alpha value is -4.14. The third kappa shape index (κ3) is 5.39. The molecule has 39 heavy (non-hydrogen) atoms. The summed E-state index contributed by atoms with van der Waals surface area (Å²) in [7, 11) is 1.72. The van der Waals surface area contributed by atoms with Gasteiger partial charge in [-0.05, 0) is 42.9 Å². The minimum atomic E-state index is -6.03. The summed E-state index contributed by atoms with van der Waals surface area (Å²) < 4.78 is 81.2. The van der Waals surface area contributed by atoms with Crippen LogP contribution in [-0.2, 0) is 12.0 Å². The third-order valence-corrected chi connectivity index (χ3v) is 6.00. The lowest BCUT2D eigenvalue weighted by atomic mass is 9.92. The number of hydrogen-bond donors (Lipinski definition) is 2. The van der Waals surface area contributed by atoms with Crippen LogP contribution in [0.1, 0.15) is 22.5 Å². The van der Waals surface area contributed by atoms with Crippen LogP contribution >= 0.6 is 0 Å². The van der Waals surface area contributed by atoms with Gasteiger partial charge in [-0.15, -0.1) is 0 Å². The van der Waals surface area contributed by atoms with Crippen LogP contribution in [0.2, 0.25) is 0 Å². The monoisotopic (exact) mass is 545 g/mol. The van der Waals surface area contributed by atoms with E-state index in [9.17, 15) is 36.2 Å². The zero-order chi connectivity index (χ0) is 28.4. The second kappa shape index (κ2) is 10.6. The highest BCUT2D eigenvalue weighted by Crippen LogP contribution is 2.50. The molecule has 0 saturated carbocycles. The van der Waals surface area contributed by atoms with Gasteiger partial charge in [0.1, 0.15) is 5.82 Å². The molecule has 0 aliphatic heterocycles. The number of benzene rings is 3. The largest absolute Gasteiger partial charge is 0.430 e. The predicted molar refractivity (Wildman–Crippen MR) is 133 cm³/mol. The Morgan fingerprint density at radius 3 is 2.15 bits per heavy atom. The average Bonchev–Trinajstić information content (AvgIpc) is 2.88. The van der Waals surface area contributed by atoms with E-state index < -0.39 is 29.1 Å². The van der Waals surface area contributed by atoms with Gasteiger partial charge in [-0.1, -0.05) is 54.3 Å². The molecule has 1 aromatic heterocycles. The Kier molecular flexibility index (Phi) is 7.54. The summed E-state index contributed by atoms with van der Waals surface area (Å²) in [6, 6.07) is 16.6. The van der Waals surface area contributed by atoms with Gasteiger partial charge in [-0.2, -0.15) is 26.3 Å². The first kappa shape index (κ1) is 27.9. The smallest absolute Gasteiger partial charge is 0.369 e. The second-order valence-electron chi connectivity index (χ2n) is 8.65. The molecular formula is C28H21F6N3O2. The summed E-state index contributed by atoms with van der Waals surface area (Å²) in [6.07, 6.45) is -11.9. The van der Waals surface area contributed by atoms with Gasteiger partial charge in [0.15, 0.2) is 0 Å². The minimum Gasteiger partial charge on any atom is -0.369 e. The molecule has 0 unspecified atom stereocenters. The van der Waals surface area contributed by atoms with Gasteiger partial charge in [-0.25, -0.2) is 4.98 Å². The number of alkyl halides is 6. The summed E-state index contributed by atoms with van der Waals surface area (Å²) in [4.78, 5) is 18.3. The summed E-state index contributed by atoms with van der Waals surface area (Å²) in [5.41, 5.74) is -5.48. The molecule has 202 valence electrons. The van der Waals surface area contributed by atoms with Gasteiger partial charge in [0.25, 0.3) is 11.2 Å². The molecule has 0 spiro atoms. The predicted octanol–water partition coefficient (Wildman–Crippen LogP) is 4.86. The van der Waals surface area contributed by atoms with Gasteiger partial charge in [0.05, 0.1) is 23.1 Å². The lowest BCUT2D eigenvalue weighted by Gasteiger charge is -2.32. The summed E-state index contributed by atoms with van der Waals surface area (Å²) in [6.45, 7) is 0.408. The quantitative estimate of drug-likeness (QED) is 0.278. The topological polar surface area (TPSA) is 67.2 Å². The highest BCUT2D eigenvalue weighted by molar-refractivity contribution is 5.80. The van der Waals surface area contributed by atoms with E-state index in [1.807, 2.05) is 0 Å². The van der Waals surface area contributed by atoms with Crippen LogP contribution in [0.5, 0.6) is 0 Å². The maximum absolute atomic E-state index is 13.7. The molecule has 0 atom stereocenters. The fourth-order valence-corrected chi connectivity index (χ4v) is 4.05. The van der Waals surface area contributed by atoms with E-state index in [-0.39, 0.29) is 23.3 Å². The Morgan fingerprint density at radius 1 is 0.923 bits per heavy atom. The van der Waals surface area contributed by atoms with Crippen LogP contribution in [0, 0.1) is 11.8 Å². The molecule has 0 fully saturated rings. The second-order valence-corrected chi connectivity index (χ2v) is 8.65. The number of nitrogens with one attached hydrogen (secondary N) is 1. The van der Waals surface area contributed by atoms with Crippen LogP contribution in [0.25, 0.3) is 16.6 Å². The van der Waals surface area contributed by atoms with E-state index >= 15 is 0 Å². The van der Waals surface area contributed by atoms with Crippen molar-refractivity contribution in [2.75, 3.05) is 13.6 Å². The number of aliphatic hydroxyl groups is 1. The van der Waals surface area contributed by atoms with Gasteiger partial charge >= 0.3 is 12.4 Å². The van der Waals surface area contributed by atoms with E-state index in [1.54, 1.807) is 49.5 Å². The van der Waals surface area contributed by atoms with Crippen molar-refractivity contribution in [2.24, 2.45) is 0 Å². The molecule has 0 amide bonds. The fraction of sp³-hybridized carbons (Fsp3) is 0.214. The number of nitrogens with zero attached hydrogens (tertiary/aromatic N) is 2. The lowest BCUT2D eigenvalue weighted by molar-refractivity contribution is -0.376. The minimum absolute atomic E-state index is 0.0255. The number of halogens is 6. The SMILES string of the molecule is CNCC#Cc1ccc2nc(Cc3ccccc3)n(-c3ccc(C(O)(C(F)(F)F)C(F)(F)F)cc3)c(=O)c2c1. The normalized spacial score (nSPS) is 12.3. The standard InChI is InChI=1S/C28H21F6N3O2/c1-35-15-5-8-19-9-14-23-22(16-19)25(38)37(24(36-23)17-18-6-3-2-4-7-18)21-12-10-20(11-13-21)26(39,27(29,30)31)28(32,33)34/h2-4,6-7,9-14,16,35,39H,15,17H2,1H3. The van der Waals surface area contributed by atoms with E-state index in [2.05, 4.69) is 22.1 Å². The molecule has 4 rings (SSSR count). The van der Waals surface area contributed by atoms with Gasteiger partial charge in [-0.3, -0.25) is 9.36 Å². The molecule has 5 nitrogen and oxygen atoms in total. The van der Waals surface area contributed by atoms with E-state index in [1.165, 1.54) is 6.07 Å². The van der Waals surface area contributed by atoms with E-state index in [4.69, 9.17) is 0 Å². The first-order valence-electron chi connectivity index (χ1n) is 11.6. The first-order chi connectivity index (χ1) is 18.4.